The van der Waals surface area contributed by atoms with Gasteiger partial charge in [0, 0.05) is 17.9 Å². The standard InChI is InChI=1S/C15H16N2O5/c1-8(18)9-2-4-10(5-3-9)15-16-11-6-13(19)12(17(20)21)7-14(11)22-15/h6-7,9-10,19H,2-5H2,1H3/t9-,10-. The Morgan fingerprint density at radius 3 is 2.64 bits per heavy atom. The number of Topliss-reactive ketones (excluding diaryl/α,β-unsaturated/α-hetero) is 1. The maximum atomic E-state index is 11.4. The highest BCUT2D eigenvalue weighted by atomic mass is 16.6. The van der Waals surface area contributed by atoms with Crippen LogP contribution < -0.4 is 0 Å². The lowest BCUT2D eigenvalue weighted by Crippen LogP contribution is -2.19. The summed E-state index contributed by atoms with van der Waals surface area (Å²) in [6.07, 6.45) is 3.24. The highest BCUT2D eigenvalue weighted by molar-refractivity contribution is 5.79. The van der Waals surface area contributed by atoms with Crippen LogP contribution in [0.5, 0.6) is 5.75 Å². The first-order chi connectivity index (χ1) is 10.5. The van der Waals surface area contributed by atoms with Gasteiger partial charge in [0.25, 0.3) is 0 Å². The fraction of sp³-hybridized carbons (Fsp3) is 0.467. The van der Waals surface area contributed by atoms with Gasteiger partial charge < -0.3 is 9.52 Å². The molecule has 0 spiro atoms. The van der Waals surface area contributed by atoms with E-state index in [-0.39, 0.29) is 17.6 Å². The fourth-order valence-electron chi connectivity index (χ4n) is 3.04. The number of hydrogen-bond acceptors (Lipinski definition) is 6. The van der Waals surface area contributed by atoms with Crippen LogP contribution in [0.2, 0.25) is 0 Å². The average Bonchev–Trinajstić information content (AvgIpc) is 2.89. The summed E-state index contributed by atoms with van der Waals surface area (Å²) in [6, 6.07) is 2.45. The van der Waals surface area contributed by atoms with Gasteiger partial charge in [0.2, 0.25) is 0 Å². The summed E-state index contributed by atoms with van der Waals surface area (Å²) >= 11 is 0. The second-order valence-electron chi connectivity index (χ2n) is 5.78. The maximum absolute atomic E-state index is 11.4. The number of phenols is 1. The number of rotatable bonds is 3. The SMILES string of the molecule is CC(=O)[C@H]1CC[C@H](c2nc3cc(O)c([N+](=O)[O-])cc3o2)CC1. The highest BCUT2D eigenvalue weighted by Gasteiger charge is 2.28. The van der Waals surface area contributed by atoms with Crippen LogP contribution in [0.3, 0.4) is 0 Å². The van der Waals surface area contributed by atoms with Gasteiger partial charge in [-0.15, -0.1) is 0 Å². The van der Waals surface area contributed by atoms with E-state index in [1.165, 1.54) is 12.1 Å². The van der Waals surface area contributed by atoms with Gasteiger partial charge in [-0.05, 0) is 32.6 Å². The molecular weight excluding hydrogens is 288 g/mol. The van der Waals surface area contributed by atoms with Gasteiger partial charge in [0.1, 0.15) is 11.3 Å². The van der Waals surface area contributed by atoms with E-state index in [1.54, 1.807) is 6.92 Å². The molecular formula is C15H16N2O5. The van der Waals surface area contributed by atoms with Crippen LogP contribution in [-0.2, 0) is 4.79 Å². The molecule has 7 heteroatoms. The molecule has 0 bridgehead atoms. The Bertz CT molecular complexity index is 744. The molecule has 1 aromatic heterocycles. The third-order valence-corrected chi connectivity index (χ3v) is 4.35. The smallest absolute Gasteiger partial charge is 0.314 e. The molecule has 0 saturated heterocycles. The van der Waals surface area contributed by atoms with E-state index in [2.05, 4.69) is 4.98 Å². The summed E-state index contributed by atoms with van der Waals surface area (Å²) < 4.78 is 5.64. The average molecular weight is 304 g/mol. The number of benzene rings is 1. The minimum Gasteiger partial charge on any atom is -0.502 e. The molecule has 1 aromatic carbocycles. The molecule has 0 aliphatic heterocycles. The van der Waals surface area contributed by atoms with Crippen LogP contribution in [0.4, 0.5) is 5.69 Å². The van der Waals surface area contributed by atoms with E-state index in [0.29, 0.717) is 17.0 Å². The Labute approximate surface area is 126 Å². The number of nitro benzene ring substituents is 1. The van der Waals surface area contributed by atoms with Crippen LogP contribution in [-0.4, -0.2) is 20.8 Å². The van der Waals surface area contributed by atoms with Gasteiger partial charge in [-0.1, -0.05) is 0 Å². The lowest BCUT2D eigenvalue weighted by Gasteiger charge is -2.24. The van der Waals surface area contributed by atoms with E-state index in [9.17, 15) is 20.0 Å². The van der Waals surface area contributed by atoms with Crippen molar-refractivity contribution in [3.8, 4) is 5.75 Å². The monoisotopic (exact) mass is 304 g/mol. The number of oxazole rings is 1. The topological polar surface area (TPSA) is 106 Å². The first kappa shape index (κ1) is 14.5. The molecule has 1 N–H and O–H groups in total. The normalized spacial score (nSPS) is 21.9. The van der Waals surface area contributed by atoms with Crippen molar-refractivity contribution in [1.82, 2.24) is 4.98 Å². The molecule has 2 aromatic rings. The van der Waals surface area contributed by atoms with Crippen LogP contribution in [0.1, 0.15) is 44.4 Å². The zero-order valence-electron chi connectivity index (χ0n) is 12.1. The summed E-state index contributed by atoms with van der Waals surface area (Å²) in [4.78, 5) is 25.9. The number of phenolic OH excluding ortho intramolecular Hbond substituents is 1. The molecule has 1 heterocycles. The number of ketones is 1. The summed E-state index contributed by atoms with van der Waals surface area (Å²) in [6.45, 7) is 1.62. The fourth-order valence-corrected chi connectivity index (χ4v) is 3.04. The molecule has 116 valence electrons. The zero-order chi connectivity index (χ0) is 15.9. The first-order valence-electron chi connectivity index (χ1n) is 7.24. The number of carbonyl (C=O) groups excluding carboxylic acids is 1. The van der Waals surface area contributed by atoms with Crippen molar-refractivity contribution in [2.75, 3.05) is 0 Å². The van der Waals surface area contributed by atoms with Gasteiger partial charge in [-0.2, -0.15) is 0 Å². The number of aromatic nitrogens is 1. The van der Waals surface area contributed by atoms with Gasteiger partial charge in [0.05, 0.1) is 11.0 Å². The number of nitro groups is 1. The van der Waals surface area contributed by atoms with Crippen molar-refractivity contribution in [2.24, 2.45) is 5.92 Å². The number of carbonyl (C=O) groups is 1. The van der Waals surface area contributed by atoms with Crippen LogP contribution in [0.25, 0.3) is 11.1 Å². The quantitative estimate of drug-likeness (QED) is 0.688. The maximum Gasteiger partial charge on any atom is 0.314 e. The van der Waals surface area contributed by atoms with Crippen molar-refractivity contribution in [1.29, 1.82) is 0 Å². The van der Waals surface area contributed by atoms with Gasteiger partial charge >= 0.3 is 5.69 Å². The third kappa shape index (κ3) is 2.54. The van der Waals surface area contributed by atoms with E-state index >= 15 is 0 Å². The van der Waals surface area contributed by atoms with E-state index in [0.717, 1.165) is 25.7 Å². The largest absolute Gasteiger partial charge is 0.502 e. The van der Waals surface area contributed by atoms with Crippen LogP contribution in [0.15, 0.2) is 16.5 Å². The minimum absolute atomic E-state index is 0.115. The van der Waals surface area contributed by atoms with E-state index in [4.69, 9.17) is 4.42 Å². The van der Waals surface area contributed by atoms with Crippen molar-refractivity contribution < 1.29 is 19.2 Å². The Morgan fingerprint density at radius 1 is 1.36 bits per heavy atom. The summed E-state index contributed by atoms with van der Waals surface area (Å²) in [5, 5.41) is 20.5. The predicted octanol–water partition coefficient (Wildman–Crippen LogP) is 3.30. The molecule has 1 fully saturated rings. The van der Waals surface area contributed by atoms with Crippen molar-refractivity contribution in [3.63, 3.8) is 0 Å². The summed E-state index contributed by atoms with van der Waals surface area (Å²) in [5.74, 6) is 0.557. The summed E-state index contributed by atoms with van der Waals surface area (Å²) in [7, 11) is 0. The lowest BCUT2D eigenvalue weighted by molar-refractivity contribution is -0.385. The molecule has 0 radical (unpaired) electrons. The molecule has 0 atom stereocenters. The second-order valence-corrected chi connectivity index (χ2v) is 5.78. The molecule has 22 heavy (non-hydrogen) atoms. The molecule has 3 rings (SSSR count). The number of aromatic hydroxyl groups is 1. The molecule has 1 saturated carbocycles. The number of fused-ring (bicyclic) bond motifs is 1. The van der Waals surface area contributed by atoms with Crippen molar-refractivity contribution in [2.45, 2.75) is 38.5 Å². The summed E-state index contributed by atoms with van der Waals surface area (Å²) in [5.41, 5.74) is 0.315. The van der Waals surface area contributed by atoms with Crippen molar-refractivity contribution >= 4 is 22.6 Å². The van der Waals surface area contributed by atoms with Crippen molar-refractivity contribution in [3.05, 3.63) is 28.1 Å². The van der Waals surface area contributed by atoms with E-state index in [1.807, 2.05) is 0 Å². The molecule has 1 aliphatic carbocycles. The van der Waals surface area contributed by atoms with Gasteiger partial charge in [-0.3, -0.25) is 14.9 Å². The third-order valence-electron chi connectivity index (χ3n) is 4.35. The number of hydrogen-bond donors (Lipinski definition) is 1. The lowest BCUT2D eigenvalue weighted by atomic mass is 9.80. The predicted molar refractivity (Wildman–Crippen MR) is 77.7 cm³/mol. The molecule has 0 unspecified atom stereocenters. The zero-order valence-corrected chi connectivity index (χ0v) is 12.1. The van der Waals surface area contributed by atoms with Crippen LogP contribution >= 0.6 is 0 Å². The van der Waals surface area contributed by atoms with Crippen LogP contribution in [0, 0.1) is 16.0 Å². The Balaban J connectivity index is 1.87. The number of nitrogens with zero attached hydrogens (tertiary/aromatic N) is 2. The van der Waals surface area contributed by atoms with Gasteiger partial charge in [-0.25, -0.2) is 4.98 Å². The van der Waals surface area contributed by atoms with E-state index < -0.39 is 16.4 Å². The Morgan fingerprint density at radius 2 is 2.05 bits per heavy atom. The van der Waals surface area contributed by atoms with Gasteiger partial charge in [0.15, 0.2) is 17.2 Å². The Hall–Kier alpha value is -2.44. The minimum atomic E-state index is -0.658. The Kier molecular flexibility index (Phi) is 3.56. The highest BCUT2D eigenvalue weighted by Crippen LogP contribution is 2.38. The first-order valence-corrected chi connectivity index (χ1v) is 7.24. The molecule has 1 aliphatic rings. The molecule has 7 nitrogen and oxygen atoms in total. The second kappa shape index (κ2) is 5.40. The molecule has 0 amide bonds.